The molecular formula is C21H16ClN3O2S. The Morgan fingerprint density at radius 2 is 1.86 bits per heavy atom. The van der Waals surface area contributed by atoms with Crippen LogP contribution in [0.3, 0.4) is 0 Å². The van der Waals surface area contributed by atoms with E-state index in [-0.39, 0.29) is 12.6 Å². The molecule has 0 atom stereocenters. The number of nitrogens with one attached hydrogen (secondary N) is 1. The van der Waals surface area contributed by atoms with Crippen LogP contribution >= 0.6 is 22.9 Å². The summed E-state index contributed by atoms with van der Waals surface area (Å²) in [5, 5.41) is 4.74. The van der Waals surface area contributed by atoms with Gasteiger partial charge in [0.25, 0.3) is 0 Å². The summed E-state index contributed by atoms with van der Waals surface area (Å²) in [6, 6.07) is 16.9. The lowest BCUT2D eigenvalue weighted by Gasteiger charge is -2.07. The maximum absolute atomic E-state index is 12.6. The van der Waals surface area contributed by atoms with Crippen molar-refractivity contribution in [1.29, 1.82) is 0 Å². The highest BCUT2D eigenvalue weighted by Gasteiger charge is 2.20. The molecular weight excluding hydrogens is 394 g/mol. The number of fused-ring (bicyclic) bond motifs is 1. The minimum atomic E-state index is -0.359. The molecule has 7 heteroatoms. The van der Waals surface area contributed by atoms with Crippen molar-refractivity contribution in [2.45, 2.75) is 13.5 Å². The smallest absolute Gasteiger partial charge is 0.349 e. The fourth-order valence-corrected chi connectivity index (χ4v) is 3.99. The molecule has 4 rings (SSSR count). The number of hydrogen-bond acceptors (Lipinski definition) is 6. The van der Waals surface area contributed by atoms with Crippen molar-refractivity contribution in [2.24, 2.45) is 0 Å². The number of halogens is 1. The van der Waals surface area contributed by atoms with Crippen molar-refractivity contribution in [3.63, 3.8) is 0 Å². The molecule has 2 aromatic carbocycles. The van der Waals surface area contributed by atoms with Gasteiger partial charge >= 0.3 is 5.97 Å². The number of carbonyl (C=O) groups excluding carboxylic acids is 1. The molecule has 1 N–H and O–H groups in total. The van der Waals surface area contributed by atoms with Crippen LogP contribution in [0.5, 0.6) is 0 Å². The van der Waals surface area contributed by atoms with Crippen LogP contribution in [0.25, 0.3) is 10.2 Å². The highest BCUT2D eigenvalue weighted by molar-refractivity contribution is 7.20. The second kappa shape index (κ2) is 7.96. The first-order valence-electron chi connectivity index (χ1n) is 8.59. The predicted octanol–water partition coefficient (Wildman–Crippen LogP) is 5.75. The fraction of sp³-hybridized carbons (Fsp3) is 0.0952. The molecule has 28 heavy (non-hydrogen) atoms. The molecule has 0 saturated carbocycles. The third-order valence-corrected chi connectivity index (χ3v) is 5.66. The summed E-state index contributed by atoms with van der Waals surface area (Å²) in [4.78, 5) is 22.6. The average molecular weight is 410 g/mol. The Balaban J connectivity index is 1.61. The Morgan fingerprint density at radius 1 is 1.11 bits per heavy atom. The third-order valence-electron chi connectivity index (χ3n) is 4.23. The molecule has 5 nitrogen and oxygen atoms in total. The van der Waals surface area contributed by atoms with Gasteiger partial charge in [-0.25, -0.2) is 14.8 Å². The molecule has 2 aromatic heterocycles. The van der Waals surface area contributed by atoms with E-state index in [4.69, 9.17) is 16.3 Å². The van der Waals surface area contributed by atoms with E-state index in [2.05, 4.69) is 15.3 Å². The number of ether oxygens (including phenoxy) is 1. The van der Waals surface area contributed by atoms with Crippen molar-refractivity contribution in [3.8, 4) is 0 Å². The average Bonchev–Trinajstić information content (AvgIpc) is 3.06. The van der Waals surface area contributed by atoms with Gasteiger partial charge in [-0.15, -0.1) is 11.3 Å². The summed E-state index contributed by atoms with van der Waals surface area (Å²) in [7, 11) is 0. The molecule has 0 aliphatic rings. The van der Waals surface area contributed by atoms with Gasteiger partial charge in [0.2, 0.25) is 0 Å². The van der Waals surface area contributed by atoms with E-state index < -0.39 is 0 Å². The number of thiophene rings is 1. The van der Waals surface area contributed by atoms with Gasteiger partial charge in [0.1, 0.15) is 28.5 Å². The lowest BCUT2D eigenvalue weighted by Crippen LogP contribution is -2.04. The van der Waals surface area contributed by atoms with Crippen molar-refractivity contribution < 1.29 is 9.53 Å². The molecule has 2 heterocycles. The predicted molar refractivity (Wildman–Crippen MR) is 112 cm³/mol. The Morgan fingerprint density at radius 3 is 2.61 bits per heavy atom. The van der Waals surface area contributed by atoms with E-state index in [0.29, 0.717) is 15.7 Å². The second-order valence-electron chi connectivity index (χ2n) is 6.15. The quantitative estimate of drug-likeness (QED) is 0.425. The van der Waals surface area contributed by atoms with Gasteiger partial charge in [0.15, 0.2) is 0 Å². The zero-order valence-corrected chi connectivity index (χ0v) is 16.6. The summed E-state index contributed by atoms with van der Waals surface area (Å²) >= 11 is 7.25. The number of aryl methyl sites for hydroxylation is 1. The number of benzene rings is 2. The van der Waals surface area contributed by atoms with Crippen LogP contribution in [-0.2, 0) is 11.3 Å². The molecule has 0 radical (unpaired) electrons. The van der Waals surface area contributed by atoms with Crippen LogP contribution in [0, 0.1) is 6.92 Å². The van der Waals surface area contributed by atoms with E-state index in [1.807, 2.05) is 49.4 Å². The molecule has 0 bridgehead atoms. The normalized spacial score (nSPS) is 10.8. The maximum atomic E-state index is 12.6. The van der Waals surface area contributed by atoms with Crippen LogP contribution < -0.4 is 5.32 Å². The Hall–Kier alpha value is -2.96. The summed E-state index contributed by atoms with van der Waals surface area (Å²) in [5.41, 5.74) is 2.60. The molecule has 0 unspecified atom stereocenters. The Kier molecular flexibility index (Phi) is 5.23. The minimum absolute atomic E-state index is 0.231. The van der Waals surface area contributed by atoms with Gasteiger partial charge in [-0.3, -0.25) is 0 Å². The first-order valence-corrected chi connectivity index (χ1v) is 9.79. The van der Waals surface area contributed by atoms with Crippen LogP contribution in [0.1, 0.15) is 20.8 Å². The van der Waals surface area contributed by atoms with E-state index >= 15 is 0 Å². The number of hydrogen-bond donors (Lipinski definition) is 1. The van der Waals surface area contributed by atoms with Crippen molar-refractivity contribution >= 4 is 50.6 Å². The van der Waals surface area contributed by atoms with Gasteiger partial charge in [-0.2, -0.15) is 0 Å². The number of nitrogens with zero attached hydrogens (tertiary/aromatic N) is 2. The zero-order valence-electron chi connectivity index (χ0n) is 15.0. The highest BCUT2D eigenvalue weighted by atomic mass is 35.5. The van der Waals surface area contributed by atoms with Crippen molar-refractivity contribution in [1.82, 2.24) is 9.97 Å². The number of rotatable bonds is 5. The van der Waals surface area contributed by atoms with E-state index in [9.17, 15) is 4.79 Å². The number of carbonyl (C=O) groups is 1. The van der Waals surface area contributed by atoms with Crippen LogP contribution in [0.15, 0.2) is 60.9 Å². The minimum Gasteiger partial charge on any atom is -0.457 e. The molecule has 140 valence electrons. The van der Waals surface area contributed by atoms with E-state index in [0.717, 1.165) is 27.0 Å². The van der Waals surface area contributed by atoms with E-state index in [1.165, 1.54) is 17.7 Å². The van der Waals surface area contributed by atoms with Gasteiger partial charge in [-0.1, -0.05) is 41.9 Å². The topological polar surface area (TPSA) is 64.1 Å². The van der Waals surface area contributed by atoms with Crippen molar-refractivity contribution in [3.05, 3.63) is 82.0 Å². The molecule has 0 amide bonds. The molecule has 0 aliphatic heterocycles. The molecule has 0 spiro atoms. The number of esters is 1. The van der Waals surface area contributed by atoms with Gasteiger partial charge in [0, 0.05) is 10.7 Å². The molecule has 0 saturated heterocycles. The standard InChI is InChI=1S/C21H16ClN3O2S/c1-13-17-19(25-16-9-7-15(22)8-10-16)23-12-24-20(17)28-18(13)21(26)27-11-14-5-3-2-4-6-14/h2-10,12H,11H2,1H3,(H,23,24,25). The summed E-state index contributed by atoms with van der Waals surface area (Å²) in [6.07, 6.45) is 1.48. The zero-order chi connectivity index (χ0) is 19.5. The third kappa shape index (κ3) is 3.83. The fourth-order valence-electron chi connectivity index (χ4n) is 2.82. The Bertz CT molecular complexity index is 1130. The molecule has 4 aromatic rings. The Labute approximate surface area is 171 Å². The van der Waals surface area contributed by atoms with Gasteiger partial charge in [-0.05, 0) is 42.3 Å². The summed E-state index contributed by atoms with van der Waals surface area (Å²) in [6.45, 7) is 2.11. The number of aromatic nitrogens is 2. The molecule has 0 fully saturated rings. The van der Waals surface area contributed by atoms with Gasteiger partial charge in [0.05, 0.1) is 5.39 Å². The monoisotopic (exact) mass is 409 g/mol. The summed E-state index contributed by atoms with van der Waals surface area (Å²) < 4.78 is 5.48. The first-order chi connectivity index (χ1) is 13.6. The highest BCUT2D eigenvalue weighted by Crippen LogP contribution is 2.35. The van der Waals surface area contributed by atoms with Crippen LogP contribution in [-0.4, -0.2) is 15.9 Å². The first kappa shape index (κ1) is 18.4. The van der Waals surface area contributed by atoms with Gasteiger partial charge < -0.3 is 10.1 Å². The summed E-state index contributed by atoms with van der Waals surface area (Å²) in [5.74, 6) is 0.282. The number of anilines is 2. The second-order valence-corrected chi connectivity index (χ2v) is 7.59. The lowest BCUT2D eigenvalue weighted by molar-refractivity contribution is 0.0478. The largest absolute Gasteiger partial charge is 0.457 e. The van der Waals surface area contributed by atoms with Crippen LogP contribution in [0.4, 0.5) is 11.5 Å². The van der Waals surface area contributed by atoms with Crippen LogP contribution in [0.2, 0.25) is 5.02 Å². The maximum Gasteiger partial charge on any atom is 0.349 e. The van der Waals surface area contributed by atoms with Crippen molar-refractivity contribution in [2.75, 3.05) is 5.32 Å². The SMILES string of the molecule is Cc1c(C(=O)OCc2ccccc2)sc2ncnc(Nc3ccc(Cl)cc3)c12. The molecule has 0 aliphatic carbocycles. The lowest BCUT2D eigenvalue weighted by atomic mass is 10.2. The van der Waals surface area contributed by atoms with E-state index in [1.54, 1.807) is 12.1 Å².